The Hall–Kier alpha value is -3.06. The average molecular weight is 355 g/mol. The van der Waals surface area contributed by atoms with Crippen LogP contribution in [0.5, 0.6) is 0 Å². The number of hydrogen-bond acceptors (Lipinski definition) is 4. The summed E-state index contributed by atoms with van der Waals surface area (Å²) in [6.45, 7) is 1.76. The lowest BCUT2D eigenvalue weighted by Crippen LogP contribution is -2.38. The van der Waals surface area contributed by atoms with Gasteiger partial charge in [-0.1, -0.05) is 12.1 Å². The molecule has 1 saturated heterocycles. The van der Waals surface area contributed by atoms with Crippen LogP contribution in [0.4, 0.5) is 15.8 Å². The molecule has 2 aromatic carbocycles. The van der Waals surface area contributed by atoms with Crippen molar-refractivity contribution in [1.29, 1.82) is 0 Å². The molecule has 0 saturated carbocycles. The van der Waals surface area contributed by atoms with Gasteiger partial charge in [-0.15, -0.1) is 0 Å². The van der Waals surface area contributed by atoms with E-state index in [2.05, 4.69) is 10.6 Å². The van der Waals surface area contributed by atoms with E-state index in [0.717, 1.165) is 10.5 Å². The summed E-state index contributed by atoms with van der Waals surface area (Å²) in [5.41, 5.74) is 1.87. The van der Waals surface area contributed by atoms with Gasteiger partial charge in [0.2, 0.25) is 11.8 Å². The fourth-order valence-corrected chi connectivity index (χ4v) is 2.80. The van der Waals surface area contributed by atoms with E-state index in [1.54, 1.807) is 36.4 Å². The lowest BCUT2D eigenvalue weighted by atomic mass is 10.2. The van der Waals surface area contributed by atoms with Crippen molar-refractivity contribution in [3.63, 3.8) is 0 Å². The van der Waals surface area contributed by atoms with Crippen LogP contribution in [0.15, 0.2) is 48.5 Å². The molecule has 0 spiro atoms. The number of hydrogen-bond donors (Lipinski definition) is 2. The van der Waals surface area contributed by atoms with Crippen LogP contribution in [0.3, 0.4) is 0 Å². The first kappa shape index (κ1) is 17.8. The largest absolute Gasteiger partial charge is 0.326 e. The molecule has 0 bridgehead atoms. The van der Waals surface area contributed by atoms with Gasteiger partial charge in [0, 0.05) is 19.2 Å². The monoisotopic (exact) mass is 355 g/mol. The highest BCUT2D eigenvalue weighted by atomic mass is 19.1. The molecule has 1 aliphatic heterocycles. The Balaban J connectivity index is 1.66. The fraction of sp³-hybridized carbons (Fsp3) is 0.211. The average Bonchev–Trinajstić information content (AvgIpc) is 2.89. The second-order valence-corrected chi connectivity index (χ2v) is 6.06. The van der Waals surface area contributed by atoms with Gasteiger partial charge in [-0.3, -0.25) is 14.4 Å². The molecule has 134 valence electrons. The molecule has 0 aliphatic carbocycles. The molecule has 6 nitrogen and oxygen atoms in total. The van der Waals surface area contributed by atoms with Crippen molar-refractivity contribution in [2.24, 2.45) is 0 Å². The lowest BCUT2D eigenvalue weighted by Gasteiger charge is -2.16. The van der Waals surface area contributed by atoms with Crippen LogP contribution in [0, 0.1) is 5.82 Å². The van der Waals surface area contributed by atoms with E-state index in [4.69, 9.17) is 0 Å². The molecule has 3 amide bonds. The second kappa shape index (κ2) is 7.45. The molecule has 2 aromatic rings. The molecule has 1 fully saturated rings. The molecule has 0 radical (unpaired) electrons. The van der Waals surface area contributed by atoms with Crippen molar-refractivity contribution >= 4 is 29.1 Å². The first-order valence-electron chi connectivity index (χ1n) is 8.16. The van der Waals surface area contributed by atoms with Gasteiger partial charge in [-0.05, 0) is 42.0 Å². The number of benzene rings is 2. The number of nitrogens with one attached hydrogen (secondary N) is 2. The summed E-state index contributed by atoms with van der Waals surface area (Å²) in [4.78, 5) is 37.0. The van der Waals surface area contributed by atoms with Gasteiger partial charge in [0.15, 0.2) is 0 Å². The van der Waals surface area contributed by atoms with Crippen molar-refractivity contribution in [3.8, 4) is 0 Å². The number of carbonyl (C=O) groups is 3. The Kier molecular flexibility index (Phi) is 5.09. The minimum atomic E-state index is -0.623. The molecule has 7 heteroatoms. The van der Waals surface area contributed by atoms with Crippen LogP contribution in [0.25, 0.3) is 0 Å². The van der Waals surface area contributed by atoms with Crippen LogP contribution >= 0.6 is 0 Å². The summed E-state index contributed by atoms with van der Waals surface area (Å²) >= 11 is 0. The molecule has 1 atom stereocenters. The van der Waals surface area contributed by atoms with Crippen LogP contribution in [0.1, 0.15) is 18.9 Å². The van der Waals surface area contributed by atoms with Crippen molar-refractivity contribution in [3.05, 3.63) is 59.9 Å². The van der Waals surface area contributed by atoms with Gasteiger partial charge in [-0.25, -0.2) is 9.29 Å². The van der Waals surface area contributed by atoms with E-state index < -0.39 is 6.04 Å². The normalized spacial score (nSPS) is 16.8. The molecule has 1 heterocycles. The van der Waals surface area contributed by atoms with E-state index >= 15 is 0 Å². The van der Waals surface area contributed by atoms with Gasteiger partial charge in [0.1, 0.15) is 5.82 Å². The predicted molar refractivity (Wildman–Crippen MR) is 94.9 cm³/mol. The number of imide groups is 1. The third kappa shape index (κ3) is 3.94. The highest BCUT2D eigenvalue weighted by Gasteiger charge is 2.39. The number of halogens is 1. The van der Waals surface area contributed by atoms with E-state index in [9.17, 15) is 18.8 Å². The topological polar surface area (TPSA) is 78.5 Å². The third-order valence-corrected chi connectivity index (χ3v) is 4.06. The Morgan fingerprint density at radius 1 is 1.12 bits per heavy atom. The summed E-state index contributed by atoms with van der Waals surface area (Å²) < 4.78 is 12.9. The van der Waals surface area contributed by atoms with E-state index in [1.165, 1.54) is 19.1 Å². The molecule has 2 N–H and O–H groups in total. The Bertz CT molecular complexity index is 834. The van der Waals surface area contributed by atoms with Crippen molar-refractivity contribution in [2.75, 3.05) is 10.2 Å². The molecule has 3 rings (SSSR count). The molecular formula is C19H18FN3O3. The highest BCUT2D eigenvalue weighted by molar-refractivity contribution is 6.22. The van der Waals surface area contributed by atoms with Gasteiger partial charge >= 0.3 is 0 Å². The van der Waals surface area contributed by atoms with E-state index in [-0.39, 0.29) is 30.0 Å². The number of nitrogens with zero attached hydrogens (tertiary/aromatic N) is 1. The summed E-state index contributed by atoms with van der Waals surface area (Å²) in [5.74, 6) is -1.14. The Morgan fingerprint density at radius 3 is 2.38 bits per heavy atom. The van der Waals surface area contributed by atoms with Crippen molar-refractivity contribution in [1.82, 2.24) is 5.32 Å². The van der Waals surface area contributed by atoms with Gasteiger partial charge in [0.05, 0.1) is 18.2 Å². The second-order valence-electron chi connectivity index (χ2n) is 6.06. The lowest BCUT2D eigenvalue weighted by molar-refractivity contribution is -0.121. The first-order chi connectivity index (χ1) is 12.4. The van der Waals surface area contributed by atoms with Crippen molar-refractivity contribution in [2.45, 2.75) is 25.9 Å². The van der Waals surface area contributed by atoms with Gasteiger partial charge in [0.25, 0.3) is 5.91 Å². The third-order valence-electron chi connectivity index (χ3n) is 4.06. The zero-order chi connectivity index (χ0) is 18.7. The number of amides is 3. The smallest absolute Gasteiger partial charge is 0.251 e. The van der Waals surface area contributed by atoms with E-state index in [0.29, 0.717) is 17.9 Å². The Morgan fingerprint density at radius 2 is 1.77 bits per heavy atom. The van der Waals surface area contributed by atoms with Gasteiger partial charge in [-0.2, -0.15) is 0 Å². The maximum atomic E-state index is 12.9. The zero-order valence-electron chi connectivity index (χ0n) is 14.2. The SMILES string of the molecule is CC(=O)Nc1ccc(N2C(=O)CC(NCc3ccc(F)cc3)C2=O)cc1. The predicted octanol–water partition coefficient (Wildman–Crippen LogP) is 2.21. The van der Waals surface area contributed by atoms with Crippen molar-refractivity contribution < 1.29 is 18.8 Å². The van der Waals surface area contributed by atoms with Crippen LogP contribution < -0.4 is 15.5 Å². The fourth-order valence-electron chi connectivity index (χ4n) is 2.80. The molecule has 26 heavy (non-hydrogen) atoms. The maximum absolute atomic E-state index is 12.9. The van der Waals surface area contributed by atoms with Crippen LogP contribution in [-0.2, 0) is 20.9 Å². The molecular weight excluding hydrogens is 337 g/mol. The number of carbonyl (C=O) groups excluding carboxylic acids is 3. The zero-order valence-corrected chi connectivity index (χ0v) is 14.2. The van der Waals surface area contributed by atoms with E-state index in [1.807, 2.05) is 0 Å². The quantitative estimate of drug-likeness (QED) is 0.806. The number of anilines is 2. The molecule has 1 aliphatic rings. The maximum Gasteiger partial charge on any atom is 0.251 e. The standard InChI is InChI=1S/C19H18FN3O3/c1-12(24)22-15-6-8-16(9-7-15)23-18(25)10-17(19(23)26)21-11-13-2-4-14(20)5-3-13/h2-9,17,21H,10-11H2,1H3,(H,22,24). The summed E-state index contributed by atoms with van der Waals surface area (Å²) in [5, 5.41) is 5.67. The highest BCUT2D eigenvalue weighted by Crippen LogP contribution is 2.24. The summed E-state index contributed by atoms with van der Waals surface area (Å²) in [6, 6.07) is 11.8. The van der Waals surface area contributed by atoms with Crippen LogP contribution in [0.2, 0.25) is 0 Å². The minimum Gasteiger partial charge on any atom is -0.326 e. The first-order valence-corrected chi connectivity index (χ1v) is 8.16. The minimum absolute atomic E-state index is 0.0630. The molecule has 0 aromatic heterocycles. The van der Waals surface area contributed by atoms with Gasteiger partial charge < -0.3 is 10.6 Å². The summed E-state index contributed by atoms with van der Waals surface area (Å²) in [6.07, 6.45) is 0.0630. The number of rotatable bonds is 5. The van der Waals surface area contributed by atoms with Crippen LogP contribution in [-0.4, -0.2) is 23.8 Å². The molecule has 1 unspecified atom stereocenters. The Labute approximate surface area is 150 Å². The summed E-state index contributed by atoms with van der Waals surface area (Å²) in [7, 11) is 0.